The summed E-state index contributed by atoms with van der Waals surface area (Å²) >= 11 is 5.66. The van der Waals surface area contributed by atoms with E-state index in [4.69, 9.17) is 0 Å². The molecule has 7 nitrogen and oxygen atoms in total. The Morgan fingerprint density at radius 2 is 1.70 bits per heavy atom. The minimum Gasteiger partial charge on any atom is -0.278 e. The summed E-state index contributed by atoms with van der Waals surface area (Å²) in [4.78, 5) is 24.4. The average molecular weight is 486 g/mol. The summed E-state index contributed by atoms with van der Waals surface area (Å²) in [5, 5.41) is 3.28. The van der Waals surface area contributed by atoms with E-state index in [1.807, 2.05) is 0 Å². The van der Waals surface area contributed by atoms with Gasteiger partial charge in [-0.1, -0.05) is 18.2 Å². The van der Waals surface area contributed by atoms with Crippen LogP contribution in [0.25, 0.3) is 0 Å². The number of halogens is 1. The van der Waals surface area contributed by atoms with Crippen molar-refractivity contribution < 1.29 is 18.0 Å². The SMILES string of the molecule is O=C(NNC(=O)c1ccccc1NS(=O)(=O)c1cccs1)c1csc(Br)c1. The molecular formula is C16H12BrN3O4S3. The molecule has 0 aliphatic rings. The summed E-state index contributed by atoms with van der Waals surface area (Å²) in [6.45, 7) is 0. The van der Waals surface area contributed by atoms with Gasteiger partial charge in [-0.2, -0.15) is 0 Å². The van der Waals surface area contributed by atoms with E-state index in [1.165, 1.54) is 29.5 Å². The zero-order chi connectivity index (χ0) is 19.4. The van der Waals surface area contributed by atoms with Crippen LogP contribution < -0.4 is 15.6 Å². The highest BCUT2D eigenvalue weighted by atomic mass is 79.9. The Balaban J connectivity index is 1.73. The number of benzene rings is 1. The van der Waals surface area contributed by atoms with Crippen LogP contribution in [0.2, 0.25) is 0 Å². The van der Waals surface area contributed by atoms with Crippen LogP contribution in [0.1, 0.15) is 20.7 Å². The number of rotatable bonds is 5. The van der Waals surface area contributed by atoms with Gasteiger partial charge >= 0.3 is 0 Å². The first-order valence-electron chi connectivity index (χ1n) is 7.37. The fourth-order valence-corrected chi connectivity index (χ4v) is 5.27. The third-order valence-electron chi connectivity index (χ3n) is 3.30. The number of sulfonamides is 1. The van der Waals surface area contributed by atoms with Crippen molar-refractivity contribution in [1.82, 2.24) is 10.9 Å². The number of thiophene rings is 2. The first-order valence-corrected chi connectivity index (χ1v) is 11.4. The van der Waals surface area contributed by atoms with Crippen molar-refractivity contribution in [2.45, 2.75) is 4.21 Å². The molecule has 2 aromatic heterocycles. The molecule has 0 spiro atoms. The fourth-order valence-electron chi connectivity index (χ4n) is 2.06. The molecule has 0 aliphatic heterocycles. The third-order valence-corrected chi connectivity index (χ3v) is 7.56. The normalized spacial score (nSPS) is 11.0. The van der Waals surface area contributed by atoms with Gasteiger partial charge in [-0.3, -0.25) is 25.2 Å². The number of hydrazine groups is 1. The topological polar surface area (TPSA) is 104 Å². The van der Waals surface area contributed by atoms with Crippen molar-refractivity contribution in [3.8, 4) is 0 Å². The number of amides is 2. The number of anilines is 1. The van der Waals surface area contributed by atoms with Crippen LogP contribution >= 0.6 is 38.6 Å². The summed E-state index contributed by atoms with van der Waals surface area (Å²) in [7, 11) is -3.80. The molecule has 3 aromatic rings. The van der Waals surface area contributed by atoms with E-state index in [1.54, 1.807) is 35.0 Å². The molecule has 3 rings (SSSR count). The molecule has 27 heavy (non-hydrogen) atoms. The Bertz CT molecular complexity index is 1080. The van der Waals surface area contributed by atoms with Gasteiger partial charge in [0.2, 0.25) is 0 Å². The molecule has 1 aromatic carbocycles. The Morgan fingerprint density at radius 1 is 0.963 bits per heavy atom. The van der Waals surface area contributed by atoms with Crippen LogP contribution in [0, 0.1) is 0 Å². The average Bonchev–Trinajstić information content (AvgIpc) is 3.31. The van der Waals surface area contributed by atoms with E-state index < -0.39 is 21.8 Å². The van der Waals surface area contributed by atoms with E-state index in [0.717, 1.165) is 15.1 Å². The standard InChI is InChI=1S/C16H12BrN3O4S3/c17-13-8-10(9-26-13)15(21)18-19-16(22)11-4-1-2-5-12(11)20-27(23,24)14-6-3-7-25-14/h1-9,20H,(H,18,21)(H,19,22). The smallest absolute Gasteiger partial charge is 0.271 e. The molecule has 11 heteroatoms. The highest BCUT2D eigenvalue weighted by Crippen LogP contribution is 2.23. The molecule has 0 atom stereocenters. The number of hydrogen-bond donors (Lipinski definition) is 3. The first kappa shape index (κ1) is 19.5. The lowest BCUT2D eigenvalue weighted by Crippen LogP contribution is -2.41. The molecule has 0 bridgehead atoms. The Kier molecular flexibility index (Phi) is 5.95. The molecule has 0 saturated carbocycles. The molecule has 140 valence electrons. The quantitative estimate of drug-likeness (QED) is 0.481. The fraction of sp³-hybridized carbons (Fsp3) is 0. The first-order chi connectivity index (χ1) is 12.9. The minimum atomic E-state index is -3.80. The number of hydrogen-bond acceptors (Lipinski definition) is 6. The van der Waals surface area contributed by atoms with Crippen LogP contribution in [-0.2, 0) is 10.0 Å². The zero-order valence-corrected chi connectivity index (χ0v) is 17.5. The van der Waals surface area contributed by atoms with Crippen molar-refractivity contribution >= 4 is 66.1 Å². The Labute approximate surface area is 171 Å². The molecule has 2 amide bonds. The van der Waals surface area contributed by atoms with Gasteiger partial charge in [-0.15, -0.1) is 22.7 Å². The van der Waals surface area contributed by atoms with E-state index >= 15 is 0 Å². The molecule has 3 N–H and O–H groups in total. The molecule has 0 saturated heterocycles. The van der Waals surface area contributed by atoms with Crippen molar-refractivity contribution in [1.29, 1.82) is 0 Å². The molecule has 0 fully saturated rings. The van der Waals surface area contributed by atoms with Crippen molar-refractivity contribution in [3.63, 3.8) is 0 Å². The maximum absolute atomic E-state index is 12.4. The maximum Gasteiger partial charge on any atom is 0.271 e. The van der Waals surface area contributed by atoms with Crippen molar-refractivity contribution in [2.24, 2.45) is 0 Å². The van der Waals surface area contributed by atoms with Gasteiger partial charge in [-0.05, 0) is 45.6 Å². The largest absolute Gasteiger partial charge is 0.278 e. The van der Waals surface area contributed by atoms with Crippen LogP contribution in [0.15, 0.2) is 61.2 Å². The lowest BCUT2D eigenvalue weighted by molar-refractivity contribution is 0.0847. The van der Waals surface area contributed by atoms with E-state index in [-0.39, 0.29) is 15.5 Å². The number of carbonyl (C=O) groups excluding carboxylic acids is 2. The Hall–Kier alpha value is -2.21. The van der Waals surface area contributed by atoms with E-state index in [0.29, 0.717) is 5.56 Å². The van der Waals surface area contributed by atoms with Crippen LogP contribution in [0.4, 0.5) is 5.69 Å². The van der Waals surface area contributed by atoms with E-state index in [2.05, 4.69) is 31.5 Å². The molecule has 0 unspecified atom stereocenters. The third kappa shape index (κ3) is 4.75. The predicted octanol–water partition coefficient (Wildman–Crippen LogP) is 3.45. The molecule has 0 aliphatic carbocycles. The maximum atomic E-state index is 12.4. The van der Waals surface area contributed by atoms with Gasteiger partial charge < -0.3 is 0 Å². The zero-order valence-electron chi connectivity index (χ0n) is 13.4. The minimum absolute atomic E-state index is 0.0735. The van der Waals surface area contributed by atoms with E-state index in [9.17, 15) is 18.0 Å². The van der Waals surface area contributed by atoms with Crippen LogP contribution in [0.3, 0.4) is 0 Å². The van der Waals surface area contributed by atoms with Gasteiger partial charge in [0.15, 0.2) is 0 Å². The second kappa shape index (κ2) is 8.21. The number of nitrogens with one attached hydrogen (secondary N) is 3. The molecule has 0 radical (unpaired) electrons. The summed E-state index contributed by atoms with van der Waals surface area (Å²) in [5.41, 5.74) is 5.16. The summed E-state index contributed by atoms with van der Waals surface area (Å²) in [6, 6.07) is 10.8. The number of carbonyl (C=O) groups is 2. The van der Waals surface area contributed by atoms with Crippen molar-refractivity contribution in [2.75, 3.05) is 4.72 Å². The van der Waals surface area contributed by atoms with Gasteiger partial charge in [0, 0.05) is 5.38 Å². The van der Waals surface area contributed by atoms with Gasteiger partial charge in [0.1, 0.15) is 4.21 Å². The summed E-state index contributed by atoms with van der Waals surface area (Å²) < 4.78 is 28.1. The van der Waals surface area contributed by atoms with Crippen molar-refractivity contribution in [3.05, 3.63) is 68.1 Å². The predicted molar refractivity (Wildman–Crippen MR) is 109 cm³/mol. The highest BCUT2D eigenvalue weighted by molar-refractivity contribution is 9.11. The monoisotopic (exact) mass is 485 g/mol. The lowest BCUT2D eigenvalue weighted by Gasteiger charge is -2.12. The molecular weight excluding hydrogens is 474 g/mol. The Morgan fingerprint density at radius 3 is 2.37 bits per heavy atom. The van der Waals surface area contributed by atoms with Gasteiger partial charge in [0.25, 0.3) is 21.8 Å². The van der Waals surface area contributed by atoms with Gasteiger partial charge in [0.05, 0.1) is 20.6 Å². The second-order valence-corrected chi connectivity index (χ2v) is 10.3. The number of para-hydroxylation sites is 1. The highest BCUT2D eigenvalue weighted by Gasteiger charge is 2.19. The van der Waals surface area contributed by atoms with Crippen LogP contribution in [-0.4, -0.2) is 20.2 Å². The van der Waals surface area contributed by atoms with Gasteiger partial charge in [-0.25, -0.2) is 8.42 Å². The van der Waals surface area contributed by atoms with Crippen LogP contribution in [0.5, 0.6) is 0 Å². The summed E-state index contributed by atoms with van der Waals surface area (Å²) in [6.07, 6.45) is 0. The summed E-state index contributed by atoms with van der Waals surface area (Å²) in [5.74, 6) is -1.14. The molecule has 2 heterocycles. The second-order valence-electron chi connectivity index (χ2n) is 5.13. The lowest BCUT2D eigenvalue weighted by atomic mass is 10.2.